The summed E-state index contributed by atoms with van der Waals surface area (Å²) >= 11 is 6.15. The first kappa shape index (κ1) is 19.7. The van der Waals surface area contributed by atoms with E-state index < -0.39 is 4.92 Å². The molecular formula is C18H21ClN3O4+. The Kier molecular flexibility index (Phi) is 6.54. The number of halogens is 1. The minimum Gasteiger partial charge on any atom is -0.490 e. The molecule has 0 aromatic heterocycles. The fourth-order valence-electron chi connectivity index (χ4n) is 2.61. The first-order chi connectivity index (χ1) is 12.3. The fraction of sp³-hybridized carbons (Fsp3) is 0.278. The molecule has 8 heteroatoms. The number of nitrogens with zero attached hydrogens (tertiary/aromatic N) is 1. The summed E-state index contributed by atoms with van der Waals surface area (Å²) in [6.45, 7) is 2.53. The molecule has 0 saturated heterocycles. The number of hydrogen-bond donors (Lipinski definition) is 2. The molecule has 1 unspecified atom stereocenters. The van der Waals surface area contributed by atoms with Gasteiger partial charge in [0.1, 0.15) is 6.54 Å². The van der Waals surface area contributed by atoms with Crippen LogP contribution in [-0.2, 0) is 11.3 Å². The average molecular weight is 379 g/mol. The van der Waals surface area contributed by atoms with Crippen LogP contribution in [0.5, 0.6) is 5.75 Å². The number of likely N-dealkylation sites (N-methyl/N-ethyl adjacent to an activating group) is 1. The van der Waals surface area contributed by atoms with Crippen LogP contribution < -0.4 is 15.0 Å². The Morgan fingerprint density at radius 3 is 2.65 bits per heavy atom. The zero-order chi connectivity index (χ0) is 19.3. The normalized spacial score (nSPS) is 11.7. The maximum Gasteiger partial charge on any atom is 0.311 e. The smallest absolute Gasteiger partial charge is 0.311 e. The van der Waals surface area contributed by atoms with Gasteiger partial charge in [-0.25, -0.2) is 0 Å². The number of carbonyl (C=O) groups is 1. The highest BCUT2D eigenvalue weighted by Crippen LogP contribution is 2.32. The zero-order valence-corrected chi connectivity index (χ0v) is 15.6. The Morgan fingerprint density at radius 2 is 2.04 bits per heavy atom. The summed E-state index contributed by atoms with van der Waals surface area (Å²) in [6.07, 6.45) is 0. The summed E-state index contributed by atoms with van der Waals surface area (Å²) in [7, 11) is 3.25. The Morgan fingerprint density at radius 1 is 1.35 bits per heavy atom. The number of quaternary nitrogens is 1. The van der Waals surface area contributed by atoms with Gasteiger partial charge < -0.3 is 15.0 Å². The van der Waals surface area contributed by atoms with Gasteiger partial charge in [-0.05, 0) is 18.6 Å². The molecule has 0 heterocycles. The van der Waals surface area contributed by atoms with Gasteiger partial charge in [0.15, 0.2) is 12.3 Å². The number of aryl methyl sites for hydroxylation is 1. The minimum absolute atomic E-state index is 0.104. The number of hydrogen-bond acceptors (Lipinski definition) is 4. The van der Waals surface area contributed by atoms with E-state index in [-0.39, 0.29) is 23.9 Å². The number of anilines is 1. The van der Waals surface area contributed by atoms with Crippen molar-refractivity contribution in [2.45, 2.75) is 13.5 Å². The molecule has 0 bridgehead atoms. The Hall–Kier alpha value is -2.64. The van der Waals surface area contributed by atoms with Crippen molar-refractivity contribution in [3.05, 3.63) is 62.7 Å². The van der Waals surface area contributed by atoms with Crippen LogP contribution in [0.1, 0.15) is 11.1 Å². The molecule has 2 aromatic carbocycles. The van der Waals surface area contributed by atoms with Gasteiger partial charge in [0.2, 0.25) is 0 Å². The molecule has 2 aromatic rings. The number of rotatable bonds is 7. The van der Waals surface area contributed by atoms with Crippen molar-refractivity contribution in [1.29, 1.82) is 0 Å². The van der Waals surface area contributed by atoms with Crippen LogP contribution in [0.15, 0.2) is 36.4 Å². The molecule has 2 N–H and O–H groups in total. The lowest BCUT2D eigenvalue weighted by Gasteiger charge is -2.16. The highest BCUT2D eigenvalue weighted by Gasteiger charge is 2.19. The zero-order valence-electron chi connectivity index (χ0n) is 14.8. The monoisotopic (exact) mass is 378 g/mol. The van der Waals surface area contributed by atoms with Gasteiger partial charge in [0, 0.05) is 28.4 Å². The number of nitrogens with one attached hydrogen (secondary N) is 2. The van der Waals surface area contributed by atoms with E-state index >= 15 is 0 Å². The molecule has 0 radical (unpaired) electrons. The molecular weight excluding hydrogens is 358 g/mol. The van der Waals surface area contributed by atoms with E-state index in [9.17, 15) is 14.9 Å². The van der Waals surface area contributed by atoms with E-state index in [2.05, 4.69) is 5.32 Å². The van der Waals surface area contributed by atoms with Gasteiger partial charge in [-0.1, -0.05) is 29.8 Å². The minimum atomic E-state index is -0.515. The summed E-state index contributed by atoms with van der Waals surface area (Å²) < 4.78 is 5.04. The molecule has 7 nitrogen and oxygen atoms in total. The SMILES string of the molecule is COc1cc(NC(=O)C[NH+](C)Cc2ccccc2Cl)c(C)cc1[N+](=O)[O-]. The second kappa shape index (κ2) is 8.64. The molecule has 0 aliphatic carbocycles. The topological polar surface area (TPSA) is 85.9 Å². The summed E-state index contributed by atoms with van der Waals surface area (Å²) in [4.78, 5) is 23.8. The molecule has 26 heavy (non-hydrogen) atoms. The number of nitro groups is 1. The molecule has 0 aliphatic rings. The van der Waals surface area contributed by atoms with Crippen LogP contribution in [0.3, 0.4) is 0 Å². The molecule has 1 amide bonds. The van der Waals surface area contributed by atoms with E-state index in [1.807, 2.05) is 31.3 Å². The van der Waals surface area contributed by atoms with Gasteiger partial charge in [-0.3, -0.25) is 14.9 Å². The molecule has 1 atom stereocenters. The number of ether oxygens (including phenoxy) is 1. The molecule has 138 valence electrons. The second-order valence-electron chi connectivity index (χ2n) is 6.05. The van der Waals surface area contributed by atoms with E-state index in [1.54, 1.807) is 6.92 Å². The molecule has 2 rings (SSSR count). The number of methoxy groups -OCH3 is 1. The van der Waals surface area contributed by atoms with Gasteiger partial charge in [0.05, 0.1) is 19.1 Å². The van der Waals surface area contributed by atoms with Gasteiger partial charge >= 0.3 is 5.69 Å². The van der Waals surface area contributed by atoms with Crippen molar-refractivity contribution in [3.63, 3.8) is 0 Å². The highest BCUT2D eigenvalue weighted by atomic mass is 35.5. The largest absolute Gasteiger partial charge is 0.490 e. The van der Waals surface area contributed by atoms with Crippen LogP contribution in [0, 0.1) is 17.0 Å². The van der Waals surface area contributed by atoms with Gasteiger partial charge in [0.25, 0.3) is 5.91 Å². The van der Waals surface area contributed by atoms with Crippen molar-refractivity contribution < 1.29 is 19.4 Å². The average Bonchev–Trinajstić information content (AvgIpc) is 2.58. The van der Waals surface area contributed by atoms with Crippen molar-refractivity contribution in [1.82, 2.24) is 0 Å². The lowest BCUT2D eigenvalue weighted by molar-refractivity contribution is -0.885. The second-order valence-corrected chi connectivity index (χ2v) is 6.45. The summed E-state index contributed by atoms with van der Waals surface area (Å²) in [6, 6.07) is 10.4. The van der Waals surface area contributed by atoms with E-state index in [0.29, 0.717) is 22.8 Å². The van der Waals surface area contributed by atoms with Crippen LogP contribution in [0.2, 0.25) is 5.02 Å². The quantitative estimate of drug-likeness (QED) is 0.571. The summed E-state index contributed by atoms with van der Waals surface area (Å²) in [5, 5.41) is 14.5. The van der Waals surface area contributed by atoms with Crippen molar-refractivity contribution in [2.24, 2.45) is 0 Å². The first-order valence-electron chi connectivity index (χ1n) is 7.99. The van der Waals surface area contributed by atoms with Crippen LogP contribution in [0.25, 0.3) is 0 Å². The lowest BCUT2D eigenvalue weighted by atomic mass is 10.1. The Balaban J connectivity index is 2.05. The molecule has 0 saturated carbocycles. The maximum atomic E-state index is 12.3. The molecule has 0 spiro atoms. The van der Waals surface area contributed by atoms with Crippen molar-refractivity contribution >= 4 is 28.9 Å². The first-order valence-corrected chi connectivity index (χ1v) is 8.37. The van der Waals surface area contributed by atoms with Crippen LogP contribution >= 0.6 is 11.6 Å². The number of carbonyl (C=O) groups excluding carboxylic acids is 1. The predicted molar refractivity (Wildman–Crippen MR) is 99.9 cm³/mol. The number of amides is 1. The van der Waals surface area contributed by atoms with E-state index in [0.717, 1.165) is 10.5 Å². The van der Waals surface area contributed by atoms with E-state index in [1.165, 1.54) is 19.2 Å². The van der Waals surface area contributed by atoms with Crippen LogP contribution in [0.4, 0.5) is 11.4 Å². The standard InChI is InChI=1S/C18H20ClN3O4/c1-12-8-16(22(24)25)17(26-3)9-15(12)20-18(23)11-21(2)10-13-6-4-5-7-14(13)19/h4-9H,10-11H2,1-3H3,(H,20,23)/p+1. The Labute approximate surface area is 156 Å². The maximum absolute atomic E-state index is 12.3. The molecule has 0 aliphatic heterocycles. The fourth-order valence-corrected chi connectivity index (χ4v) is 2.81. The Bertz CT molecular complexity index is 826. The molecule has 0 fully saturated rings. The van der Waals surface area contributed by atoms with Gasteiger partial charge in [-0.15, -0.1) is 0 Å². The third-order valence-corrected chi connectivity index (χ3v) is 4.28. The van der Waals surface area contributed by atoms with Crippen molar-refractivity contribution in [3.8, 4) is 5.75 Å². The summed E-state index contributed by atoms with van der Waals surface area (Å²) in [5.41, 5.74) is 1.91. The number of nitro benzene ring substituents is 1. The number of benzene rings is 2. The summed E-state index contributed by atoms with van der Waals surface area (Å²) in [5.74, 6) is -0.0961. The third-order valence-electron chi connectivity index (χ3n) is 3.91. The predicted octanol–water partition coefficient (Wildman–Crippen LogP) is 2.22. The van der Waals surface area contributed by atoms with Gasteiger partial charge in [-0.2, -0.15) is 0 Å². The third kappa shape index (κ3) is 4.93. The highest BCUT2D eigenvalue weighted by molar-refractivity contribution is 6.31. The lowest BCUT2D eigenvalue weighted by Crippen LogP contribution is -3.08. The van der Waals surface area contributed by atoms with Crippen LogP contribution in [-0.4, -0.2) is 31.5 Å². The van der Waals surface area contributed by atoms with Crippen molar-refractivity contribution in [2.75, 3.05) is 26.0 Å². The van der Waals surface area contributed by atoms with E-state index in [4.69, 9.17) is 16.3 Å².